The average Bonchev–Trinajstić information content (AvgIpc) is 2.83. The fourth-order valence-corrected chi connectivity index (χ4v) is 3.92. The Hall–Kier alpha value is -2.26. The molecule has 0 unspecified atom stereocenters. The van der Waals surface area contributed by atoms with Crippen LogP contribution in [0.15, 0.2) is 36.4 Å². The summed E-state index contributed by atoms with van der Waals surface area (Å²) in [4.78, 5) is 0. The summed E-state index contributed by atoms with van der Waals surface area (Å²) < 4.78 is 11.0. The number of halogens is 1. The minimum Gasteiger partial charge on any atom is -0.497 e. The van der Waals surface area contributed by atoms with Crippen molar-refractivity contribution in [2.24, 2.45) is 17.4 Å². The van der Waals surface area contributed by atoms with Crippen molar-refractivity contribution in [1.82, 2.24) is 0 Å². The Bertz CT molecular complexity index is 879. The Morgan fingerprint density at radius 2 is 1.73 bits per heavy atom. The third-order valence-corrected chi connectivity index (χ3v) is 6.09. The first-order chi connectivity index (χ1) is 15.8. The van der Waals surface area contributed by atoms with Gasteiger partial charge in [0.15, 0.2) is 0 Å². The molecule has 0 radical (unpaired) electrons. The van der Waals surface area contributed by atoms with Crippen LogP contribution in [0.2, 0.25) is 0 Å². The van der Waals surface area contributed by atoms with Gasteiger partial charge in [0.05, 0.1) is 18.6 Å². The summed E-state index contributed by atoms with van der Waals surface area (Å²) in [6, 6.07) is 14.9. The maximum Gasteiger partial charge on any atom is 0.140 e. The van der Waals surface area contributed by atoms with Gasteiger partial charge in [-0.25, -0.2) is 0 Å². The summed E-state index contributed by atoms with van der Waals surface area (Å²) in [6.07, 6.45) is 3.29. The van der Waals surface area contributed by atoms with Crippen LogP contribution in [0.25, 0.3) is 0 Å². The number of nitrogens with two attached hydrogens (primary N) is 2. The predicted octanol–water partition coefficient (Wildman–Crippen LogP) is 5.39. The fraction of sp³-hybridized carbons (Fsp3) is 0.519. The van der Waals surface area contributed by atoms with E-state index in [2.05, 4.69) is 57.7 Å². The van der Waals surface area contributed by atoms with Gasteiger partial charge < -0.3 is 20.9 Å². The third kappa shape index (κ3) is 7.92. The lowest BCUT2D eigenvalue weighted by atomic mass is 9.77. The van der Waals surface area contributed by atoms with Gasteiger partial charge in [0.25, 0.3) is 0 Å². The van der Waals surface area contributed by atoms with Crippen LogP contribution in [0.1, 0.15) is 62.8 Å². The van der Waals surface area contributed by atoms with Crippen molar-refractivity contribution in [3.63, 3.8) is 0 Å². The quantitative estimate of drug-likeness (QED) is 0.525. The molecule has 0 saturated heterocycles. The molecule has 2 aromatic carbocycles. The Morgan fingerprint density at radius 1 is 1.12 bits per heavy atom. The van der Waals surface area contributed by atoms with Crippen LogP contribution < -0.4 is 20.9 Å². The van der Waals surface area contributed by atoms with Gasteiger partial charge in [-0.1, -0.05) is 45.9 Å². The highest BCUT2D eigenvalue weighted by Crippen LogP contribution is 2.37. The normalized spacial score (nSPS) is 16.7. The smallest absolute Gasteiger partial charge is 0.140 e. The SMILES string of the molecule is CC1CC(N)C1.CCc1cc(C(C)(C)c2ccc(OC)cc2)cc(C#N)c1OCCCl.CN. The van der Waals surface area contributed by atoms with Crippen molar-refractivity contribution in [3.8, 4) is 17.6 Å². The van der Waals surface area contributed by atoms with Crippen molar-refractivity contribution < 1.29 is 9.47 Å². The third-order valence-electron chi connectivity index (χ3n) is 5.93. The lowest BCUT2D eigenvalue weighted by Crippen LogP contribution is -2.34. The minimum atomic E-state index is -0.243. The number of methoxy groups -OCH3 is 1. The number of rotatable bonds is 7. The molecule has 1 fully saturated rings. The highest BCUT2D eigenvalue weighted by Gasteiger charge is 2.26. The monoisotopic (exact) mass is 473 g/mol. The van der Waals surface area contributed by atoms with Gasteiger partial charge in [0.1, 0.15) is 24.2 Å². The Morgan fingerprint density at radius 3 is 2.12 bits per heavy atom. The molecule has 182 valence electrons. The highest BCUT2D eigenvalue weighted by molar-refractivity contribution is 6.18. The molecule has 3 rings (SSSR count). The van der Waals surface area contributed by atoms with E-state index in [-0.39, 0.29) is 5.41 Å². The molecule has 0 aliphatic heterocycles. The number of ether oxygens (including phenoxy) is 2. The lowest BCUT2D eigenvalue weighted by Gasteiger charge is -2.28. The number of hydrogen-bond donors (Lipinski definition) is 2. The maximum absolute atomic E-state index is 9.59. The van der Waals surface area contributed by atoms with Crippen molar-refractivity contribution in [2.45, 2.75) is 58.4 Å². The summed E-state index contributed by atoms with van der Waals surface area (Å²) >= 11 is 5.73. The molecule has 0 bridgehead atoms. The van der Waals surface area contributed by atoms with Crippen LogP contribution in [0.5, 0.6) is 11.5 Å². The molecule has 0 aromatic heterocycles. The van der Waals surface area contributed by atoms with Gasteiger partial charge >= 0.3 is 0 Å². The van der Waals surface area contributed by atoms with Crippen LogP contribution in [-0.4, -0.2) is 32.7 Å². The van der Waals surface area contributed by atoms with E-state index in [1.807, 2.05) is 18.2 Å². The summed E-state index contributed by atoms with van der Waals surface area (Å²) in [6.45, 7) is 9.01. The van der Waals surface area contributed by atoms with Gasteiger partial charge in [-0.3, -0.25) is 0 Å². The van der Waals surface area contributed by atoms with Crippen LogP contribution in [0.4, 0.5) is 0 Å². The zero-order valence-corrected chi connectivity index (χ0v) is 21.7. The molecule has 0 amide bonds. The van der Waals surface area contributed by atoms with Crippen molar-refractivity contribution in [2.75, 3.05) is 26.6 Å². The predicted molar refractivity (Wildman–Crippen MR) is 138 cm³/mol. The summed E-state index contributed by atoms with van der Waals surface area (Å²) in [5.74, 6) is 2.80. The molecule has 33 heavy (non-hydrogen) atoms. The molecule has 5 nitrogen and oxygen atoms in total. The van der Waals surface area contributed by atoms with Gasteiger partial charge in [0, 0.05) is 11.5 Å². The van der Waals surface area contributed by atoms with Crippen LogP contribution in [0.3, 0.4) is 0 Å². The van der Waals surface area contributed by atoms with Gasteiger partial charge in [-0.15, -0.1) is 11.6 Å². The second-order valence-corrected chi connectivity index (χ2v) is 9.08. The standard InChI is InChI=1S/C21H24ClNO2.C5H11N.CH5N/c1-5-15-12-18(13-16(14-23)20(15)25-11-10-22)21(2,3)17-6-8-19(24-4)9-7-17;1-4-2-5(6)3-4;1-2/h6-9,12-13H,5,10-11H2,1-4H3;4-5H,2-3,6H2,1H3;2H2,1H3. The number of aryl methyl sites for hydroxylation is 1. The topological polar surface area (TPSA) is 94.3 Å². The molecule has 4 N–H and O–H groups in total. The molecule has 1 aliphatic rings. The molecule has 0 spiro atoms. The fourth-order valence-electron chi connectivity index (χ4n) is 3.85. The van der Waals surface area contributed by atoms with Crippen molar-refractivity contribution in [1.29, 1.82) is 5.26 Å². The first kappa shape index (κ1) is 28.8. The zero-order chi connectivity index (χ0) is 25.0. The number of alkyl halides is 1. The molecule has 0 atom stereocenters. The molecule has 1 aliphatic carbocycles. The summed E-state index contributed by atoms with van der Waals surface area (Å²) in [5, 5.41) is 9.59. The van der Waals surface area contributed by atoms with E-state index in [4.69, 9.17) is 26.8 Å². The average molecular weight is 474 g/mol. The Balaban J connectivity index is 0.000000578. The van der Waals surface area contributed by atoms with E-state index in [1.54, 1.807) is 7.11 Å². The van der Waals surface area contributed by atoms with Crippen molar-refractivity contribution >= 4 is 11.6 Å². The Kier molecular flexibility index (Phi) is 12.3. The molecule has 1 saturated carbocycles. The number of hydrogen-bond acceptors (Lipinski definition) is 5. The number of nitrogens with zero attached hydrogens (tertiary/aromatic N) is 1. The van der Waals surface area contributed by atoms with Crippen molar-refractivity contribution in [3.05, 3.63) is 58.7 Å². The molecular formula is C27H40ClN3O2. The van der Waals surface area contributed by atoms with Gasteiger partial charge in [-0.2, -0.15) is 5.26 Å². The van der Waals surface area contributed by atoms with Crippen LogP contribution in [-0.2, 0) is 11.8 Å². The van der Waals surface area contributed by atoms with Crippen LogP contribution in [0, 0.1) is 17.2 Å². The van der Waals surface area contributed by atoms with E-state index < -0.39 is 0 Å². The molecule has 6 heteroatoms. The maximum atomic E-state index is 9.59. The minimum absolute atomic E-state index is 0.243. The van der Waals surface area contributed by atoms with Crippen LogP contribution >= 0.6 is 11.6 Å². The van der Waals surface area contributed by atoms with E-state index in [0.717, 1.165) is 34.8 Å². The van der Waals surface area contributed by atoms with E-state index in [0.29, 0.717) is 29.8 Å². The van der Waals surface area contributed by atoms with E-state index in [1.165, 1.54) is 19.9 Å². The second kappa shape index (κ2) is 14.1. The number of nitriles is 1. The number of benzene rings is 2. The molecule has 0 heterocycles. The first-order valence-electron chi connectivity index (χ1n) is 11.5. The largest absolute Gasteiger partial charge is 0.497 e. The lowest BCUT2D eigenvalue weighted by molar-refractivity contribution is 0.290. The van der Waals surface area contributed by atoms with E-state index in [9.17, 15) is 5.26 Å². The summed E-state index contributed by atoms with van der Waals surface area (Å²) in [5.41, 5.74) is 13.6. The first-order valence-corrected chi connectivity index (χ1v) is 12.0. The molecule has 2 aromatic rings. The highest BCUT2D eigenvalue weighted by atomic mass is 35.5. The Labute approximate surface area is 205 Å². The second-order valence-electron chi connectivity index (χ2n) is 8.71. The molecular weight excluding hydrogens is 434 g/mol. The zero-order valence-electron chi connectivity index (χ0n) is 21.0. The summed E-state index contributed by atoms with van der Waals surface area (Å²) in [7, 11) is 3.16. The van der Waals surface area contributed by atoms with Gasteiger partial charge in [-0.05, 0) is 67.1 Å². The van der Waals surface area contributed by atoms with E-state index >= 15 is 0 Å². The van der Waals surface area contributed by atoms with Gasteiger partial charge in [0.2, 0.25) is 0 Å².